The van der Waals surface area contributed by atoms with Crippen molar-refractivity contribution in [2.45, 2.75) is 52.3 Å². The van der Waals surface area contributed by atoms with Gasteiger partial charge in [0.25, 0.3) is 5.91 Å². The molecule has 2 fully saturated rings. The van der Waals surface area contributed by atoms with E-state index in [1.165, 1.54) is 0 Å². The molecule has 0 radical (unpaired) electrons. The highest BCUT2D eigenvalue weighted by Gasteiger charge is 2.48. The number of Topliss-reactive ketones (excluding diaryl/α,β-unsaturated/α-hetero) is 1. The van der Waals surface area contributed by atoms with Gasteiger partial charge in [0, 0.05) is 12.1 Å². The number of likely N-dealkylation sites (tertiary alicyclic amines) is 1. The van der Waals surface area contributed by atoms with Crippen LogP contribution in [0.2, 0.25) is 0 Å². The fraction of sp³-hybridized carbons (Fsp3) is 0.423. The molecular formula is C26H36N2O5S2. The molecule has 9 heteroatoms. The number of hydrogen-bond donors (Lipinski definition) is 1. The average Bonchev–Trinajstić information content (AvgIpc) is 3.37. The van der Waals surface area contributed by atoms with Crippen molar-refractivity contribution in [1.29, 1.82) is 0 Å². The maximum Gasteiger partial charge on any atom is 0.251 e. The van der Waals surface area contributed by atoms with E-state index in [4.69, 9.17) is 9.47 Å². The van der Waals surface area contributed by atoms with Crippen LogP contribution in [0.15, 0.2) is 54.6 Å². The lowest BCUT2D eigenvalue weighted by atomic mass is 10.0. The van der Waals surface area contributed by atoms with Gasteiger partial charge in [-0.2, -0.15) is 27.0 Å². The van der Waals surface area contributed by atoms with Gasteiger partial charge < -0.3 is 19.7 Å². The first-order valence-electron chi connectivity index (χ1n) is 11.0. The molecule has 7 nitrogen and oxygen atoms in total. The molecule has 192 valence electrons. The van der Waals surface area contributed by atoms with E-state index in [9.17, 15) is 14.4 Å². The Morgan fingerprint density at radius 1 is 1.06 bits per heavy atom. The van der Waals surface area contributed by atoms with Crippen LogP contribution in [0.4, 0.5) is 0 Å². The second-order valence-electron chi connectivity index (χ2n) is 8.68. The Balaban J connectivity index is 0.00000204. The lowest BCUT2D eigenvalue weighted by Crippen LogP contribution is -2.52. The van der Waals surface area contributed by atoms with Crippen LogP contribution in [0.25, 0.3) is 0 Å². The van der Waals surface area contributed by atoms with Gasteiger partial charge in [-0.3, -0.25) is 14.4 Å². The lowest BCUT2D eigenvalue weighted by Gasteiger charge is -2.28. The van der Waals surface area contributed by atoms with Crippen LogP contribution < -0.4 is 10.1 Å². The predicted molar refractivity (Wildman–Crippen MR) is 146 cm³/mol. The van der Waals surface area contributed by atoms with Gasteiger partial charge in [0.15, 0.2) is 5.78 Å². The molecule has 0 saturated carbocycles. The SMILES string of the molecule is C.CC(C)C[C@H](NC(=O)c1ccc(Oc2ccccc2)cc1)C(=O)N1CC[C@H]2OCC(=O)[C@H]21.S.S. The number of carbonyl (C=O) groups is 3. The second kappa shape index (κ2) is 13.6. The lowest BCUT2D eigenvalue weighted by molar-refractivity contribution is -0.138. The van der Waals surface area contributed by atoms with Crippen molar-refractivity contribution in [2.75, 3.05) is 13.2 Å². The zero-order chi connectivity index (χ0) is 22.7. The second-order valence-corrected chi connectivity index (χ2v) is 8.68. The van der Waals surface area contributed by atoms with E-state index in [2.05, 4.69) is 5.32 Å². The van der Waals surface area contributed by atoms with Gasteiger partial charge in [-0.05, 0) is 55.2 Å². The van der Waals surface area contributed by atoms with E-state index in [0.29, 0.717) is 36.4 Å². The summed E-state index contributed by atoms with van der Waals surface area (Å²) in [4.78, 5) is 40.0. The summed E-state index contributed by atoms with van der Waals surface area (Å²) in [6, 6.07) is 15.0. The summed E-state index contributed by atoms with van der Waals surface area (Å²) in [5.41, 5.74) is 0.437. The van der Waals surface area contributed by atoms with Crippen molar-refractivity contribution in [1.82, 2.24) is 10.2 Å². The normalized spacial score (nSPS) is 19.1. The largest absolute Gasteiger partial charge is 0.457 e. The van der Waals surface area contributed by atoms with Crippen molar-refractivity contribution >= 4 is 44.6 Å². The van der Waals surface area contributed by atoms with Crippen molar-refractivity contribution < 1.29 is 23.9 Å². The van der Waals surface area contributed by atoms with Crippen LogP contribution in [-0.4, -0.2) is 53.8 Å². The molecular weight excluding hydrogens is 484 g/mol. The Hall–Kier alpha value is -2.49. The summed E-state index contributed by atoms with van der Waals surface area (Å²) < 4.78 is 11.3. The number of ether oxygens (including phenoxy) is 2. The number of carbonyl (C=O) groups excluding carboxylic acids is 3. The number of benzene rings is 2. The molecule has 2 aliphatic rings. The molecule has 35 heavy (non-hydrogen) atoms. The number of hydrogen-bond acceptors (Lipinski definition) is 5. The van der Waals surface area contributed by atoms with Crippen molar-refractivity contribution in [3.05, 3.63) is 60.2 Å². The number of nitrogens with one attached hydrogen (secondary N) is 1. The summed E-state index contributed by atoms with van der Waals surface area (Å²) in [6.07, 6.45) is 0.912. The van der Waals surface area contributed by atoms with Crippen LogP contribution in [-0.2, 0) is 14.3 Å². The van der Waals surface area contributed by atoms with E-state index >= 15 is 0 Å². The standard InChI is InChI=1S/C25H28N2O5.CH4.2H2S/c1-16(2)14-20(25(30)27-13-12-22-23(27)21(28)15-31-22)26-24(29)17-8-10-19(11-9-17)32-18-6-4-3-5-7-18;;;/h3-11,16,20,22-23H,12-15H2,1-2H3,(H,26,29);1H4;2*1H2/t20-,22+,23+;;;/m0.../s1. The molecule has 0 unspecified atom stereocenters. The monoisotopic (exact) mass is 520 g/mol. The first-order chi connectivity index (χ1) is 15.4. The maximum absolute atomic E-state index is 13.3. The zero-order valence-corrected chi connectivity index (χ0v) is 21.3. The highest BCUT2D eigenvalue weighted by molar-refractivity contribution is 7.59. The summed E-state index contributed by atoms with van der Waals surface area (Å²) in [6.45, 7) is 4.52. The highest BCUT2D eigenvalue weighted by atomic mass is 32.1. The van der Waals surface area contributed by atoms with Crippen LogP contribution in [0.5, 0.6) is 11.5 Å². The van der Waals surface area contributed by atoms with E-state index in [1.807, 2.05) is 44.2 Å². The molecule has 2 aromatic carbocycles. The highest BCUT2D eigenvalue weighted by Crippen LogP contribution is 2.28. The smallest absolute Gasteiger partial charge is 0.251 e. The number of nitrogens with zero attached hydrogens (tertiary/aromatic N) is 1. The number of fused-ring (bicyclic) bond motifs is 1. The quantitative estimate of drug-likeness (QED) is 0.595. The Morgan fingerprint density at radius 2 is 1.69 bits per heavy atom. The minimum Gasteiger partial charge on any atom is -0.457 e. The average molecular weight is 521 g/mol. The summed E-state index contributed by atoms with van der Waals surface area (Å²) in [7, 11) is 0. The molecule has 0 aromatic heterocycles. The number of rotatable bonds is 7. The van der Waals surface area contributed by atoms with Gasteiger partial charge in [-0.1, -0.05) is 39.5 Å². The summed E-state index contributed by atoms with van der Waals surface area (Å²) in [5.74, 6) is 0.902. The van der Waals surface area contributed by atoms with Gasteiger partial charge in [0.05, 0.1) is 6.10 Å². The molecule has 2 heterocycles. The fourth-order valence-corrected chi connectivity index (χ4v) is 4.28. The third-order valence-corrected chi connectivity index (χ3v) is 5.80. The molecule has 2 aromatic rings. The molecule has 2 saturated heterocycles. The van der Waals surface area contributed by atoms with Gasteiger partial charge in [0.2, 0.25) is 5.91 Å². The predicted octanol–water partition coefficient (Wildman–Crippen LogP) is 4.05. The molecule has 1 N–H and O–H groups in total. The van der Waals surface area contributed by atoms with Crippen molar-refractivity contribution in [2.24, 2.45) is 5.92 Å². The molecule has 2 aliphatic heterocycles. The minimum absolute atomic E-state index is 0. The topological polar surface area (TPSA) is 84.9 Å². The Kier molecular flexibility index (Phi) is 11.8. The van der Waals surface area contributed by atoms with Gasteiger partial charge in [-0.25, -0.2) is 0 Å². The van der Waals surface area contributed by atoms with Crippen molar-refractivity contribution in [3.8, 4) is 11.5 Å². The number of ketones is 1. The first kappa shape index (κ1) is 30.5. The Labute approximate surface area is 221 Å². The van der Waals surface area contributed by atoms with E-state index in [-0.39, 0.29) is 70.6 Å². The molecule has 3 atom stereocenters. The van der Waals surface area contributed by atoms with Crippen molar-refractivity contribution in [3.63, 3.8) is 0 Å². The first-order valence-corrected chi connectivity index (χ1v) is 11.0. The molecule has 2 amide bonds. The van der Waals surface area contributed by atoms with Gasteiger partial charge in [0.1, 0.15) is 30.2 Å². The van der Waals surface area contributed by atoms with E-state index in [0.717, 1.165) is 0 Å². The number of para-hydroxylation sites is 1. The fourth-order valence-electron chi connectivity index (χ4n) is 4.28. The Bertz CT molecular complexity index is 985. The van der Waals surface area contributed by atoms with E-state index < -0.39 is 12.1 Å². The Morgan fingerprint density at radius 3 is 2.31 bits per heavy atom. The van der Waals surface area contributed by atoms with Crippen LogP contribution >= 0.6 is 27.0 Å². The van der Waals surface area contributed by atoms with Crippen LogP contribution in [0.3, 0.4) is 0 Å². The van der Waals surface area contributed by atoms with Crippen LogP contribution in [0, 0.1) is 5.92 Å². The third kappa shape index (κ3) is 7.25. The summed E-state index contributed by atoms with van der Waals surface area (Å²) in [5, 5.41) is 2.88. The zero-order valence-electron chi connectivity index (χ0n) is 19.3. The maximum atomic E-state index is 13.3. The molecule has 4 rings (SSSR count). The van der Waals surface area contributed by atoms with Gasteiger partial charge in [-0.15, -0.1) is 0 Å². The minimum atomic E-state index is -0.699. The summed E-state index contributed by atoms with van der Waals surface area (Å²) >= 11 is 0. The third-order valence-electron chi connectivity index (χ3n) is 5.80. The molecule has 0 bridgehead atoms. The number of amides is 2. The van der Waals surface area contributed by atoms with E-state index in [1.54, 1.807) is 29.2 Å². The van der Waals surface area contributed by atoms with Crippen LogP contribution in [0.1, 0.15) is 44.5 Å². The molecule has 0 aliphatic carbocycles. The molecule has 0 spiro atoms. The van der Waals surface area contributed by atoms with Gasteiger partial charge >= 0.3 is 0 Å².